The number of fused-ring (bicyclic) bond motifs is 1. The summed E-state index contributed by atoms with van der Waals surface area (Å²) in [6, 6.07) is 9.81. The van der Waals surface area contributed by atoms with Crippen LogP contribution in [0.15, 0.2) is 52.3 Å². The van der Waals surface area contributed by atoms with E-state index in [1.807, 2.05) is 19.1 Å². The minimum Gasteiger partial charge on any atom is -0.497 e. The molecule has 1 saturated heterocycles. The van der Waals surface area contributed by atoms with E-state index in [0.717, 1.165) is 62.8 Å². The van der Waals surface area contributed by atoms with E-state index < -0.39 is 0 Å². The van der Waals surface area contributed by atoms with Gasteiger partial charge in [-0.25, -0.2) is 9.98 Å². The molecule has 3 heterocycles. The molecule has 8 nitrogen and oxygen atoms in total. The number of aryl methyl sites for hydroxylation is 1. The van der Waals surface area contributed by atoms with Crippen LogP contribution in [0.5, 0.6) is 5.75 Å². The molecule has 32 heavy (non-hydrogen) atoms. The van der Waals surface area contributed by atoms with Crippen LogP contribution in [0.2, 0.25) is 0 Å². The molecule has 1 aromatic heterocycles. The van der Waals surface area contributed by atoms with Crippen molar-refractivity contribution in [3.63, 3.8) is 0 Å². The van der Waals surface area contributed by atoms with Gasteiger partial charge in [0.1, 0.15) is 11.9 Å². The van der Waals surface area contributed by atoms with Gasteiger partial charge < -0.3 is 14.5 Å². The van der Waals surface area contributed by atoms with E-state index in [4.69, 9.17) is 9.73 Å². The maximum Gasteiger partial charge on any atom is 0.256 e. The van der Waals surface area contributed by atoms with Gasteiger partial charge in [0, 0.05) is 49.5 Å². The molecule has 0 spiro atoms. The topological polar surface area (TPSA) is 75.0 Å². The molecule has 0 saturated carbocycles. The molecule has 1 aromatic carbocycles. The van der Waals surface area contributed by atoms with Crippen molar-refractivity contribution in [1.29, 1.82) is 0 Å². The maximum atomic E-state index is 12.8. The zero-order chi connectivity index (χ0) is 22.1. The Kier molecular flexibility index (Phi) is 5.59. The molecular weight excluding hydrogens is 404 g/mol. The smallest absolute Gasteiger partial charge is 0.256 e. The van der Waals surface area contributed by atoms with E-state index in [0.29, 0.717) is 11.9 Å². The second-order valence-corrected chi connectivity index (χ2v) is 8.64. The third-order valence-corrected chi connectivity index (χ3v) is 6.57. The molecule has 0 amide bonds. The van der Waals surface area contributed by atoms with Crippen LogP contribution in [0.3, 0.4) is 0 Å². The lowest BCUT2D eigenvalue weighted by molar-refractivity contribution is 0.296. The SMILES string of the molecule is COc1ccc(N2CCN(C3=N[C@H]([C@H]4CC=CCC4)n4c(nc(C)cc4=O)N3)CC2)cc1. The number of benzene rings is 1. The van der Waals surface area contributed by atoms with Gasteiger partial charge in [0.15, 0.2) is 0 Å². The van der Waals surface area contributed by atoms with E-state index in [9.17, 15) is 4.79 Å². The summed E-state index contributed by atoms with van der Waals surface area (Å²) in [7, 11) is 1.69. The van der Waals surface area contributed by atoms with Crippen LogP contribution < -0.4 is 20.5 Å². The standard InChI is InChI=1S/C24H30N6O2/c1-17-16-21(31)30-22(18-6-4-3-5-7-18)26-23(27-24(30)25-17)29-14-12-28(13-15-29)19-8-10-20(32-2)11-9-19/h3-4,8-11,16,18,22H,5-7,12-15H2,1-2H3,(H,25,26,27)/t18-,22-/m0/s1. The van der Waals surface area contributed by atoms with Gasteiger partial charge >= 0.3 is 0 Å². The number of anilines is 2. The van der Waals surface area contributed by atoms with Gasteiger partial charge in [-0.15, -0.1) is 0 Å². The second-order valence-electron chi connectivity index (χ2n) is 8.64. The number of aromatic nitrogens is 2. The van der Waals surface area contributed by atoms with Crippen molar-refractivity contribution in [2.24, 2.45) is 10.9 Å². The van der Waals surface area contributed by atoms with E-state index in [2.05, 4.69) is 44.4 Å². The number of guanidine groups is 1. The molecule has 8 heteroatoms. The number of hydrogen-bond donors (Lipinski definition) is 1. The lowest BCUT2D eigenvalue weighted by Crippen LogP contribution is -2.52. The monoisotopic (exact) mass is 434 g/mol. The highest BCUT2D eigenvalue weighted by atomic mass is 16.5. The first-order valence-corrected chi connectivity index (χ1v) is 11.4. The lowest BCUT2D eigenvalue weighted by Gasteiger charge is -2.40. The van der Waals surface area contributed by atoms with Gasteiger partial charge in [0.25, 0.3) is 5.56 Å². The number of ether oxygens (including phenoxy) is 1. The molecule has 2 aromatic rings. The highest BCUT2D eigenvalue weighted by Crippen LogP contribution is 2.34. The summed E-state index contributed by atoms with van der Waals surface area (Å²) >= 11 is 0. The summed E-state index contributed by atoms with van der Waals surface area (Å²) in [6.07, 6.45) is 7.22. The Morgan fingerprint density at radius 3 is 2.50 bits per heavy atom. The second kappa shape index (κ2) is 8.68. The zero-order valence-electron chi connectivity index (χ0n) is 18.7. The normalized spacial score (nSPS) is 22.8. The molecule has 5 rings (SSSR count). The molecule has 0 radical (unpaired) electrons. The van der Waals surface area contributed by atoms with E-state index in [1.165, 1.54) is 5.69 Å². The van der Waals surface area contributed by atoms with E-state index in [1.54, 1.807) is 17.7 Å². The summed E-state index contributed by atoms with van der Waals surface area (Å²) in [6.45, 7) is 5.37. The number of rotatable bonds is 3. The van der Waals surface area contributed by atoms with Crippen LogP contribution >= 0.6 is 0 Å². The molecule has 2 aliphatic heterocycles. The number of aliphatic imine (C=N–C) groups is 1. The quantitative estimate of drug-likeness (QED) is 0.749. The van der Waals surface area contributed by atoms with Crippen molar-refractivity contribution in [3.8, 4) is 5.75 Å². The molecule has 1 fully saturated rings. The van der Waals surface area contributed by atoms with Crippen LogP contribution in [0.25, 0.3) is 0 Å². The number of allylic oxidation sites excluding steroid dienone is 2. The molecule has 0 bridgehead atoms. The van der Waals surface area contributed by atoms with E-state index >= 15 is 0 Å². The van der Waals surface area contributed by atoms with Crippen molar-refractivity contribution in [1.82, 2.24) is 14.5 Å². The van der Waals surface area contributed by atoms with Crippen molar-refractivity contribution >= 4 is 17.6 Å². The van der Waals surface area contributed by atoms with Gasteiger partial charge in [-0.05, 0) is 50.5 Å². The number of hydrogen-bond acceptors (Lipinski definition) is 7. The van der Waals surface area contributed by atoms with Gasteiger partial charge in [-0.3, -0.25) is 14.7 Å². The fourth-order valence-corrected chi connectivity index (χ4v) is 4.80. The minimum absolute atomic E-state index is 0.0355. The average molecular weight is 435 g/mol. The van der Waals surface area contributed by atoms with Gasteiger partial charge in [-0.1, -0.05) is 12.2 Å². The molecule has 1 N–H and O–H groups in total. The molecule has 3 aliphatic rings. The van der Waals surface area contributed by atoms with Crippen LogP contribution in [0.1, 0.15) is 31.1 Å². The number of nitrogens with zero attached hydrogens (tertiary/aromatic N) is 5. The Balaban J connectivity index is 1.36. The fourth-order valence-electron chi connectivity index (χ4n) is 4.80. The Morgan fingerprint density at radius 2 is 1.81 bits per heavy atom. The van der Waals surface area contributed by atoms with Gasteiger partial charge in [0.05, 0.1) is 7.11 Å². The summed E-state index contributed by atoms with van der Waals surface area (Å²) < 4.78 is 7.02. The molecule has 168 valence electrons. The minimum atomic E-state index is -0.216. The molecule has 2 atom stereocenters. The largest absolute Gasteiger partial charge is 0.497 e. The zero-order valence-corrected chi connectivity index (χ0v) is 18.7. The van der Waals surface area contributed by atoms with Gasteiger partial charge in [0.2, 0.25) is 11.9 Å². The molecular formula is C24H30N6O2. The highest BCUT2D eigenvalue weighted by Gasteiger charge is 2.32. The molecule has 0 unspecified atom stereocenters. The summed E-state index contributed by atoms with van der Waals surface area (Å²) in [4.78, 5) is 27.2. The van der Waals surface area contributed by atoms with Crippen molar-refractivity contribution in [3.05, 3.63) is 58.5 Å². The number of piperazine rings is 1. The van der Waals surface area contributed by atoms with Crippen molar-refractivity contribution in [2.45, 2.75) is 32.4 Å². The van der Waals surface area contributed by atoms with Crippen molar-refractivity contribution in [2.75, 3.05) is 43.5 Å². The summed E-state index contributed by atoms with van der Waals surface area (Å²) in [5.41, 5.74) is 1.89. The first-order valence-electron chi connectivity index (χ1n) is 11.4. The average Bonchev–Trinajstić information content (AvgIpc) is 2.84. The fraction of sp³-hybridized carbons (Fsp3) is 0.458. The number of nitrogens with one attached hydrogen (secondary N) is 1. The highest BCUT2D eigenvalue weighted by molar-refractivity contribution is 5.93. The van der Waals surface area contributed by atoms with Crippen LogP contribution in [0, 0.1) is 12.8 Å². The number of methoxy groups -OCH3 is 1. The van der Waals surface area contributed by atoms with Crippen molar-refractivity contribution < 1.29 is 4.74 Å². The Morgan fingerprint density at radius 1 is 1.06 bits per heavy atom. The van der Waals surface area contributed by atoms with Crippen LogP contribution in [0.4, 0.5) is 11.6 Å². The lowest BCUT2D eigenvalue weighted by atomic mass is 9.91. The predicted octanol–water partition coefficient (Wildman–Crippen LogP) is 3.02. The predicted molar refractivity (Wildman–Crippen MR) is 127 cm³/mol. The third-order valence-electron chi connectivity index (χ3n) is 6.57. The Hall–Kier alpha value is -3.29. The Labute approximate surface area is 188 Å². The summed E-state index contributed by atoms with van der Waals surface area (Å²) in [5.74, 6) is 2.61. The summed E-state index contributed by atoms with van der Waals surface area (Å²) in [5, 5.41) is 3.36. The van der Waals surface area contributed by atoms with Gasteiger partial charge in [-0.2, -0.15) is 0 Å². The maximum absolute atomic E-state index is 12.8. The van der Waals surface area contributed by atoms with Crippen LogP contribution in [-0.4, -0.2) is 53.7 Å². The third kappa shape index (κ3) is 3.97. The first kappa shape index (κ1) is 20.6. The first-order chi connectivity index (χ1) is 15.6. The molecule has 1 aliphatic carbocycles. The van der Waals surface area contributed by atoms with E-state index in [-0.39, 0.29) is 11.7 Å². The Bertz CT molecular complexity index is 1080. The van der Waals surface area contributed by atoms with Crippen LogP contribution in [-0.2, 0) is 0 Å².